The highest BCUT2D eigenvalue weighted by Gasteiger charge is 2.15. The fourth-order valence-corrected chi connectivity index (χ4v) is 1.96. The second kappa shape index (κ2) is 6.31. The summed E-state index contributed by atoms with van der Waals surface area (Å²) in [6.45, 7) is 2.44. The van der Waals surface area contributed by atoms with E-state index in [9.17, 15) is 9.59 Å². The normalized spacial score (nSPS) is 12.1. The lowest BCUT2D eigenvalue weighted by Gasteiger charge is -2.11. The number of hydrogen-bond donors (Lipinski definition) is 3. The smallest absolute Gasteiger partial charge is 0.355 e. The number of amides is 1. The van der Waals surface area contributed by atoms with E-state index >= 15 is 0 Å². The number of hydrogen-bond acceptors (Lipinski definition) is 5. The van der Waals surface area contributed by atoms with Crippen LogP contribution < -0.4 is 11.1 Å². The summed E-state index contributed by atoms with van der Waals surface area (Å²) < 4.78 is 0. The zero-order valence-corrected chi connectivity index (χ0v) is 10.3. The van der Waals surface area contributed by atoms with Crippen molar-refractivity contribution in [1.29, 1.82) is 0 Å². The number of carboxylic acids is 1. The molecule has 7 heteroatoms. The third kappa shape index (κ3) is 3.79. The molecule has 0 bridgehead atoms. The van der Waals surface area contributed by atoms with E-state index in [4.69, 9.17) is 10.8 Å². The minimum atomic E-state index is -1.06. The van der Waals surface area contributed by atoms with Gasteiger partial charge >= 0.3 is 5.97 Å². The zero-order chi connectivity index (χ0) is 12.8. The first-order chi connectivity index (χ1) is 8.08. The number of nitrogens with zero attached hydrogens (tertiary/aromatic N) is 1. The average molecular weight is 257 g/mol. The lowest BCUT2D eigenvalue weighted by Crippen LogP contribution is -2.34. The number of carbonyl (C=O) groups is 2. The molecule has 0 radical (unpaired) electrons. The molecule has 0 aliphatic heterocycles. The van der Waals surface area contributed by atoms with E-state index in [-0.39, 0.29) is 24.1 Å². The van der Waals surface area contributed by atoms with Gasteiger partial charge < -0.3 is 16.2 Å². The third-order valence-electron chi connectivity index (χ3n) is 2.33. The average Bonchev–Trinajstić information content (AvgIpc) is 2.76. The number of thiazole rings is 1. The summed E-state index contributed by atoms with van der Waals surface area (Å²) in [5, 5.41) is 13.4. The Bertz CT molecular complexity index is 401. The Balaban J connectivity index is 2.49. The zero-order valence-electron chi connectivity index (χ0n) is 9.47. The van der Waals surface area contributed by atoms with E-state index in [2.05, 4.69) is 10.3 Å². The van der Waals surface area contributed by atoms with Crippen LogP contribution in [0.25, 0.3) is 0 Å². The van der Waals surface area contributed by atoms with Crippen LogP contribution in [0.15, 0.2) is 5.38 Å². The Kier molecular flexibility index (Phi) is 5.05. The molecule has 6 nitrogen and oxygen atoms in total. The van der Waals surface area contributed by atoms with Crippen molar-refractivity contribution in [2.45, 2.75) is 19.9 Å². The molecule has 1 atom stereocenters. The number of nitrogens with two attached hydrogens (primary N) is 1. The predicted octanol–water partition coefficient (Wildman–Crippen LogP) is 0.442. The number of carbonyl (C=O) groups excluding carboxylic acids is 1. The Hall–Kier alpha value is -1.47. The Morgan fingerprint density at radius 1 is 1.65 bits per heavy atom. The molecule has 1 rings (SSSR count). The quantitative estimate of drug-likeness (QED) is 0.686. The van der Waals surface area contributed by atoms with Gasteiger partial charge in [-0.3, -0.25) is 4.79 Å². The van der Waals surface area contributed by atoms with Gasteiger partial charge in [-0.15, -0.1) is 11.3 Å². The summed E-state index contributed by atoms with van der Waals surface area (Å²) in [5.74, 6) is -1.39. The molecule has 94 valence electrons. The lowest BCUT2D eigenvalue weighted by molar-refractivity contribution is -0.124. The van der Waals surface area contributed by atoms with E-state index in [0.29, 0.717) is 18.0 Å². The molecule has 1 aromatic rings. The van der Waals surface area contributed by atoms with E-state index in [1.54, 1.807) is 0 Å². The van der Waals surface area contributed by atoms with Crippen molar-refractivity contribution in [1.82, 2.24) is 10.3 Å². The monoisotopic (exact) mass is 257 g/mol. The van der Waals surface area contributed by atoms with Gasteiger partial charge in [-0.1, -0.05) is 6.92 Å². The largest absolute Gasteiger partial charge is 0.476 e. The summed E-state index contributed by atoms with van der Waals surface area (Å²) >= 11 is 1.21. The van der Waals surface area contributed by atoms with Gasteiger partial charge in [0.05, 0.1) is 6.54 Å². The number of carboxylic acid groups (broad SMARTS) is 1. The summed E-state index contributed by atoms with van der Waals surface area (Å²) in [4.78, 5) is 26.0. The first-order valence-electron chi connectivity index (χ1n) is 5.24. The topological polar surface area (TPSA) is 105 Å². The molecular weight excluding hydrogens is 242 g/mol. The fraction of sp³-hybridized carbons (Fsp3) is 0.500. The van der Waals surface area contributed by atoms with Crippen LogP contribution in [0.1, 0.15) is 28.8 Å². The molecule has 4 N–H and O–H groups in total. The van der Waals surface area contributed by atoms with E-state index in [1.807, 2.05) is 6.92 Å². The summed E-state index contributed by atoms with van der Waals surface area (Å²) in [5.41, 5.74) is 5.45. The van der Waals surface area contributed by atoms with Gasteiger partial charge in [-0.2, -0.15) is 0 Å². The molecular formula is C10H15N3O3S. The molecule has 0 aromatic carbocycles. The van der Waals surface area contributed by atoms with Gasteiger partial charge in [0.15, 0.2) is 5.69 Å². The van der Waals surface area contributed by atoms with Crippen molar-refractivity contribution in [3.63, 3.8) is 0 Å². The van der Waals surface area contributed by atoms with Crippen LogP contribution in [0.5, 0.6) is 0 Å². The van der Waals surface area contributed by atoms with Crippen molar-refractivity contribution < 1.29 is 14.7 Å². The Labute approximate surface area is 103 Å². The first kappa shape index (κ1) is 13.6. The summed E-state index contributed by atoms with van der Waals surface area (Å²) in [6, 6.07) is 0. The molecule has 0 fully saturated rings. The highest BCUT2D eigenvalue weighted by Crippen LogP contribution is 2.10. The maximum absolute atomic E-state index is 11.6. The van der Waals surface area contributed by atoms with Gasteiger partial charge in [0, 0.05) is 17.8 Å². The van der Waals surface area contributed by atoms with Crippen LogP contribution in [0.4, 0.5) is 0 Å². The van der Waals surface area contributed by atoms with Gasteiger partial charge in [0.2, 0.25) is 5.91 Å². The van der Waals surface area contributed by atoms with Crippen LogP contribution in [0.2, 0.25) is 0 Å². The van der Waals surface area contributed by atoms with Gasteiger partial charge in [-0.25, -0.2) is 9.78 Å². The molecule has 1 amide bonds. The number of aromatic nitrogens is 1. The SMILES string of the molecule is CCC(CN)C(=O)NCc1nc(C(=O)O)cs1. The molecule has 1 unspecified atom stereocenters. The van der Waals surface area contributed by atoms with Gasteiger partial charge in [0.25, 0.3) is 0 Å². The number of nitrogens with one attached hydrogen (secondary N) is 1. The molecule has 0 aliphatic carbocycles. The van der Waals surface area contributed by atoms with Crippen LogP contribution in [-0.4, -0.2) is 28.5 Å². The highest BCUT2D eigenvalue weighted by molar-refractivity contribution is 7.09. The first-order valence-corrected chi connectivity index (χ1v) is 6.11. The fourth-order valence-electron chi connectivity index (χ4n) is 1.26. The van der Waals surface area contributed by atoms with E-state index < -0.39 is 5.97 Å². The second-order valence-electron chi connectivity index (χ2n) is 3.49. The Morgan fingerprint density at radius 3 is 2.82 bits per heavy atom. The molecule has 0 saturated carbocycles. The molecule has 0 spiro atoms. The van der Waals surface area contributed by atoms with Gasteiger partial charge in [-0.05, 0) is 6.42 Å². The number of aromatic carboxylic acids is 1. The Morgan fingerprint density at radius 2 is 2.35 bits per heavy atom. The predicted molar refractivity (Wildman–Crippen MR) is 63.8 cm³/mol. The maximum atomic E-state index is 11.6. The van der Waals surface area contributed by atoms with Crippen molar-refractivity contribution in [3.05, 3.63) is 16.1 Å². The van der Waals surface area contributed by atoms with Crippen LogP contribution >= 0.6 is 11.3 Å². The standard InChI is InChI=1S/C10H15N3O3S/c1-2-6(3-11)9(14)12-4-8-13-7(5-17-8)10(15)16/h5-6H,2-4,11H2,1H3,(H,12,14)(H,15,16). The number of rotatable bonds is 6. The van der Waals surface area contributed by atoms with Crippen molar-refractivity contribution >= 4 is 23.2 Å². The van der Waals surface area contributed by atoms with Crippen molar-refractivity contribution in [2.75, 3.05) is 6.54 Å². The van der Waals surface area contributed by atoms with E-state index in [1.165, 1.54) is 16.7 Å². The minimum absolute atomic E-state index is 0.00474. The van der Waals surface area contributed by atoms with Gasteiger partial charge in [0.1, 0.15) is 5.01 Å². The van der Waals surface area contributed by atoms with Crippen LogP contribution in [0.3, 0.4) is 0 Å². The second-order valence-corrected chi connectivity index (χ2v) is 4.43. The van der Waals surface area contributed by atoms with Crippen LogP contribution in [-0.2, 0) is 11.3 Å². The summed E-state index contributed by atoms with van der Waals surface area (Å²) in [7, 11) is 0. The lowest BCUT2D eigenvalue weighted by atomic mass is 10.1. The highest BCUT2D eigenvalue weighted by atomic mass is 32.1. The third-order valence-corrected chi connectivity index (χ3v) is 3.18. The molecule has 0 aliphatic rings. The van der Waals surface area contributed by atoms with Crippen LogP contribution in [0, 0.1) is 5.92 Å². The maximum Gasteiger partial charge on any atom is 0.355 e. The van der Waals surface area contributed by atoms with Crippen molar-refractivity contribution in [3.8, 4) is 0 Å². The van der Waals surface area contributed by atoms with Crippen molar-refractivity contribution in [2.24, 2.45) is 11.7 Å². The molecule has 1 heterocycles. The molecule has 0 saturated heterocycles. The van der Waals surface area contributed by atoms with E-state index in [0.717, 1.165) is 0 Å². The molecule has 1 aromatic heterocycles. The molecule has 17 heavy (non-hydrogen) atoms. The summed E-state index contributed by atoms with van der Waals surface area (Å²) in [6.07, 6.45) is 0.681. The minimum Gasteiger partial charge on any atom is -0.476 e.